The third-order valence-corrected chi connectivity index (χ3v) is 3.97. The van der Waals surface area contributed by atoms with Gasteiger partial charge in [-0.05, 0) is 36.2 Å². The lowest BCUT2D eigenvalue weighted by atomic mass is 9.74. The van der Waals surface area contributed by atoms with Crippen LogP contribution >= 0.6 is 11.8 Å². The Bertz CT molecular complexity index is 132. The van der Waals surface area contributed by atoms with Crippen LogP contribution in [0.1, 0.15) is 39.5 Å². The van der Waals surface area contributed by atoms with Gasteiger partial charge in [-0.2, -0.15) is 11.8 Å². The van der Waals surface area contributed by atoms with Gasteiger partial charge in [0.25, 0.3) is 0 Å². The Morgan fingerprint density at radius 1 is 1.23 bits per heavy atom. The van der Waals surface area contributed by atoms with Gasteiger partial charge >= 0.3 is 0 Å². The van der Waals surface area contributed by atoms with Gasteiger partial charge < -0.3 is 5.32 Å². The van der Waals surface area contributed by atoms with Crippen molar-refractivity contribution in [2.45, 2.75) is 39.5 Å². The van der Waals surface area contributed by atoms with Crippen LogP contribution in [0.5, 0.6) is 0 Å². The Labute approximate surface area is 87.1 Å². The molecule has 78 valence electrons. The molecule has 1 nitrogen and oxygen atoms in total. The Hall–Kier alpha value is 0.310. The molecular weight excluding hydrogens is 178 g/mol. The summed E-state index contributed by atoms with van der Waals surface area (Å²) in [7, 11) is 0. The Morgan fingerprint density at radius 3 is 2.46 bits per heavy atom. The smallest absolute Gasteiger partial charge is 0.00202 e. The van der Waals surface area contributed by atoms with Crippen molar-refractivity contribution < 1.29 is 0 Å². The van der Waals surface area contributed by atoms with E-state index in [-0.39, 0.29) is 0 Å². The third-order valence-electron chi connectivity index (χ3n) is 2.98. The Morgan fingerprint density at radius 2 is 2.00 bits per heavy atom. The molecule has 0 aromatic rings. The van der Waals surface area contributed by atoms with Gasteiger partial charge in [0.15, 0.2) is 0 Å². The van der Waals surface area contributed by atoms with E-state index in [1.807, 2.05) is 0 Å². The van der Waals surface area contributed by atoms with Gasteiger partial charge in [0.1, 0.15) is 0 Å². The minimum Gasteiger partial charge on any atom is -0.316 e. The van der Waals surface area contributed by atoms with Gasteiger partial charge in [-0.3, -0.25) is 0 Å². The zero-order chi connectivity index (χ0) is 9.57. The second kappa shape index (κ2) is 5.92. The van der Waals surface area contributed by atoms with Gasteiger partial charge in [-0.25, -0.2) is 0 Å². The van der Waals surface area contributed by atoms with Gasteiger partial charge in [-0.1, -0.05) is 20.3 Å². The first-order chi connectivity index (χ1) is 6.33. The van der Waals surface area contributed by atoms with Gasteiger partial charge in [0.2, 0.25) is 0 Å². The van der Waals surface area contributed by atoms with E-state index >= 15 is 0 Å². The van der Waals surface area contributed by atoms with Crippen LogP contribution in [-0.2, 0) is 0 Å². The number of hydrogen-bond acceptors (Lipinski definition) is 2. The highest BCUT2D eigenvalue weighted by atomic mass is 32.2. The van der Waals surface area contributed by atoms with Crippen molar-refractivity contribution in [3.63, 3.8) is 0 Å². The zero-order valence-corrected chi connectivity index (χ0v) is 9.88. The van der Waals surface area contributed by atoms with E-state index in [1.165, 1.54) is 50.3 Å². The average Bonchev–Trinajstić information content (AvgIpc) is 2.08. The predicted octanol–water partition coefficient (Wildman–Crippen LogP) is 2.91. The van der Waals surface area contributed by atoms with E-state index in [4.69, 9.17) is 0 Å². The number of thioether (sulfide) groups is 1. The molecule has 0 amide bonds. The summed E-state index contributed by atoms with van der Waals surface area (Å²) in [5, 5.41) is 3.42. The second-order valence-corrected chi connectivity index (χ2v) is 5.55. The van der Waals surface area contributed by atoms with Gasteiger partial charge in [0, 0.05) is 13.1 Å². The summed E-state index contributed by atoms with van der Waals surface area (Å²) in [6.45, 7) is 7.10. The third kappa shape index (κ3) is 3.51. The molecule has 0 unspecified atom stereocenters. The van der Waals surface area contributed by atoms with E-state index in [1.54, 1.807) is 0 Å². The van der Waals surface area contributed by atoms with Crippen molar-refractivity contribution in [1.82, 2.24) is 5.32 Å². The lowest BCUT2D eigenvalue weighted by Gasteiger charge is -2.43. The molecule has 1 aliphatic heterocycles. The predicted molar refractivity (Wildman–Crippen MR) is 62.4 cm³/mol. The van der Waals surface area contributed by atoms with Crippen LogP contribution in [0, 0.1) is 5.41 Å². The highest BCUT2D eigenvalue weighted by Gasteiger charge is 2.34. The molecule has 1 rings (SSSR count). The maximum Gasteiger partial charge on any atom is 0.00202 e. The largest absolute Gasteiger partial charge is 0.316 e. The van der Waals surface area contributed by atoms with E-state index in [2.05, 4.69) is 30.9 Å². The maximum atomic E-state index is 3.42. The van der Waals surface area contributed by atoms with Gasteiger partial charge in [0.05, 0.1) is 0 Å². The average molecular weight is 201 g/mol. The molecule has 0 aromatic heterocycles. The lowest BCUT2D eigenvalue weighted by Crippen LogP contribution is -2.53. The molecule has 13 heavy (non-hydrogen) atoms. The van der Waals surface area contributed by atoms with Crippen LogP contribution in [0.15, 0.2) is 0 Å². The molecule has 1 heterocycles. The fraction of sp³-hybridized carbons (Fsp3) is 1.00. The van der Waals surface area contributed by atoms with Crippen LogP contribution in [0.4, 0.5) is 0 Å². The Kier molecular flexibility index (Phi) is 5.18. The van der Waals surface area contributed by atoms with Crippen molar-refractivity contribution in [2.24, 2.45) is 5.41 Å². The van der Waals surface area contributed by atoms with Crippen molar-refractivity contribution >= 4 is 11.8 Å². The SMILES string of the molecule is CCCC1(CCCSCC)CNC1. The molecule has 0 saturated carbocycles. The molecular formula is C11H23NS. The fourth-order valence-electron chi connectivity index (χ4n) is 2.18. The highest BCUT2D eigenvalue weighted by Crippen LogP contribution is 2.34. The van der Waals surface area contributed by atoms with Crippen LogP contribution in [0.25, 0.3) is 0 Å². The summed E-state index contributed by atoms with van der Waals surface area (Å²) < 4.78 is 0. The van der Waals surface area contributed by atoms with E-state index < -0.39 is 0 Å². The molecule has 0 radical (unpaired) electrons. The van der Waals surface area contributed by atoms with Crippen molar-refractivity contribution in [2.75, 3.05) is 24.6 Å². The molecule has 0 aromatic carbocycles. The van der Waals surface area contributed by atoms with E-state index in [0.29, 0.717) is 5.41 Å². The molecule has 1 fully saturated rings. The zero-order valence-electron chi connectivity index (χ0n) is 9.07. The molecule has 1 aliphatic rings. The molecule has 0 aliphatic carbocycles. The molecule has 1 N–H and O–H groups in total. The van der Waals surface area contributed by atoms with Crippen molar-refractivity contribution in [1.29, 1.82) is 0 Å². The molecule has 0 spiro atoms. The van der Waals surface area contributed by atoms with E-state index in [0.717, 1.165) is 0 Å². The minimum atomic E-state index is 0.697. The first-order valence-corrected chi connectivity index (χ1v) is 6.77. The molecule has 0 bridgehead atoms. The van der Waals surface area contributed by atoms with Crippen molar-refractivity contribution in [3.05, 3.63) is 0 Å². The second-order valence-electron chi connectivity index (χ2n) is 4.15. The molecule has 0 atom stereocenters. The summed E-state index contributed by atoms with van der Waals surface area (Å²) in [6.07, 6.45) is 5.64. The highest BCUT2D eigenvalue weighted by molar-refractivity contribution is 7.99. The van der Waals surface area contributed by atoms with E-state index in [9.17, 15) is 0 Å². The lowest BCUT2D eigenvalue weighted by molar-refractivity contribution is 0.136. The summed E-state index contributed by atoms with van der Waals surface area (Å²) in [5.74, 6) is 2.64. The number of rotatable bonds is 7. The fourth-order valence-corrected chi connectivity index (χ4v) is 2.82. The maximum absolute atomic E-state index is 3.42. The summed E-state index contributed by atoms with van der Waals surface area (Å²) in [5.41, 5.74) is 0.697. The first kappa shape index (κ1) is 11.4. The van der Waals surface area contributed by atoms with Crippen molar-refractivity contribution in [3.8, 4) is 0 Å². The number of hydrogen-bond donors (Lipinski definition) is 1. The van der Waals surface area contributed by atoms with Crippen LogP contribution in [-0.4, -0.2) is 24.6 Å². The Balaban J connectivity index is 2.09. The van der Waals surface area contributed by atoms with Crippen LogP contribution in [0.3, 0.4) is 0 Å². The minimum absolute atomic E-state index is 0.697. The normalized spacial score (nSPS) is 19.8. The quantitative estimate of drug-likeness (QED) is 0.636. The first-order valence-electron chi connectivity index (χ1n) is 5.61. The topological polar surface area (TPSA) is 12.0 Å². The van der Waals surface area contributed by atoms with Crippen LogP contribution in [0.2, 0.25) is 0 Å². The number of nitrogens with one attached hydrogen (secondary N) is 1. The molecule has 2 heteroatoms. The standard InChI is InChI=1S/C11H23NS/c1-3-6-11(9-12-10-11)7-5-8-13-4-2/h12H,3-10H2,1-2H3. The summed E-state index contributed by atoms with van der Waals surface area (Å²) >= 11 is 2.08. The summed E-state index contributed by atoms with van der Waals surface area (Å²) in [4.78, 5) is 0. The van der Waals surface area contributed by atoms with Gasteiger partial charge in [-0.15, -0.1) is 0 Å². The monoisotopic (exact) mass is 201 g/mol. The molecule has 1 saturated heterocycles. The van der Waals surface area contributed by atoms with Crippen LogP contribution < -0.4 is 5.32 Å². The summed E-state index contributed by atoms with van der Waals surface area (Å²) in [6, 6.07) is 0.